The third kappa shape index (κ3) is 18.7. The van der Waals surface area contributed by atoms with Crippen molar-refractivity contribution in [1.29, 1.82) is 0 Å². The molecule has 13 heteroatoms. The Balaban J connectivity index is 0.000000225. The fourth-order valence-electron chi connectivity index (χ4n) is 13.7. The van der Waals surface area contributed by atoms with E-state index in [1.54, 1.807) is 0 Å². The van der Waals surface area contributed by atoms with E-state index in [1.165, 1.54) is 80.8 Å². The number of nitrogens with two attached hydrogens (primary N) is 1. The number of quaternary nitrogens is 2. The number of benzene rings is 7. The number of aryl methyl sites for hydroxylation is 2. The first-order valence-corrected chi connectivity index (χ1v) is 36.2. The minimum Gasteiger partial charge on any atom is -0.356 e. The second-order valence-electron chi connectivity index (χ2n) is 26.9. The molecular formula is C82H101N9O2S2+4. The molecule has 0 bridgehead atoms. The summed E-state index contributed by atoms with van der Waals surface area (Å²) >= 11 is 3.68. The average molecular weight is 1310 g/mol. The van der Waals surface area contributed by atoms with Gasteiger partial charge in [0.25, 0.3) is 0 Å². The molecule has 4 heterocycles. The highest BCUT2D eigenvalue weighted by Gasteiger charge is 2.36. The van der Waals surface area contributed by atoms with Crippen molar-refractivity contribution in [1.82, 2.24) is 10.6 Å². The zero-order valence-corrected chi connectivity index (χ0v) is 58.7. The number of thioether (sulfide) groups is 2. The van der Waals surface area contributed by atoms with Gasteiger partial charge in [-0.05, 0) is 128 Å². The minimum atomic E-state index is -0.283. The summed E-state index contributed by atoms with van der Waals surface area (Å²) in [5.41, 5.74) is 16.6. The Hall–Kier alpha value is -8.04. The van der Waals surface area contributed by atoms with E-state index in [0.717, 1.165) is 112 Å². The van der Waals surface area contributed by atoms with Crippen LogP contribution < -0.4 is 35.3 Å². The maximum absolute atomic E-state index is 13.0. The van der Waals surface area contributed by atoms with Crippen molar-refractivity contribution in [2.24, 2.45) is 5.73 Å². The third-order valence-corrected chi connectivity index (χ3v) is 21.3. The summed E-state index contributed by atoms with van der Waals surface area (Å²) in [5.74, 6) is 0.286. The van der Waals surface area contributed by atoms with E-state index in [4.69, 9.17) is 5.73 Å². The van der Waals surface area contributed by atoms with Crippen molar-refractivity contribution < 1.29 is 27.7 Å². The van der Waals surface area contributed by atoms with Gasteiger partial charge in [-0.2, -0.15) is 9.13 Å². The molecule has 2 aliphatic heterocycles. The van der Waals surface area contributed by atoms with E-state index in [9.17, 15) is 9.59 Å². The van der Waals surface area contributed by atoms with E-state index >= 15 is 0 Å². The highest BCUT2D eigenvalue weighted by atomic mass is 32.2. The van der Waals surface area contributed by atoms with Crippen LogP contribution in [0.2, 0.25) is 0 Å². The van der Waals surface area contributed by atoms with Crippen LogP contribution in [0.15, 0.2) is 232 Å². The molecule has 2 aromatic heterocycles. The molecule has 0 atom stereocenters. The smallest absolute Gasteiger partial charge is 0.220 e. The van der Waals surface area contributed by atoms with Crippen LogP contribution in [-0.2, 0) is 28.1 Å². The predicted octanol–water partition coefficient (Wildman–Crippen LogP) is 15.4. The normalized spacial score (nSPS) is 13.9. The molecule has 2 amide bonds. The lowest BCUT2D eigenvalue weighted by atomic mass is 9.67. The maximum atomic E-state index is 13.0. The summed E-state index contributed by atoms with van der Waals surface area (Å²) in [5, 5.41) is 11.2. The molecular weight excluding hydrogens is 1210 g/mol. The Kier molecular flexibility index (Phi) is 25.0. The number of unbranched alkanes of at least 4 members (excludes halogenated alkanes) is 4. The summed E-state index contributed by atoms with van der Waals surface area (Å²) in [6.45, 7) is 8.23. The first kappa shape index (κ1) is 69.8. The molecule has 2 aliphatic rings. The summed E-state index contributed by atoms with van der Waals surface area (Å²) in [6, 6.07) is 71.8. The Morgan fingerprint density at radius 1 is 0.453 bits per heavy atom. The molecule has 0 spiro atoms. The van der Waals surface area contributed by atoms with Gasteiger partial charge in [-0.15, -0.1) is 0 Å². The fourth-order valence-corrected chi connectivity index (χ4v) is 15.9. The van der Waals surface area contributed by atoms with Crippen LogP contribution in [0.5, 0.6) is 0 Å². The Bertz CT molecular complexity index is 3930. The van der Waals surface area contributed by atoms with Gasteiger partial charge in [0.05, 0.1) is 99.4 Å². The number of carbonyl (C=O) groups excluding carboxylic acids is 2. The summed E-state index contributed by atoms with van der Waals surface area (Å²) < 4.78 is 6.82. The van der Waals surface area contributed by atoms with Gasteiger partial charge in [-0.3, -0.25) is 9.59 Å². The van der Waals surface area contributed by atoms with Gasteiger partial charge >= 0.3 is 0 Å². The maximum Gasteiger partial charge on any atom is 0.220 e. The molecule has 0 fully saturated rings. The first-order chi connectivity index (χ1) is 46.2. The highest BCUT2D eigenvalue weighted by molar-refractivity contribution is 8.04. The van der Waals surface area contributed by atoms with E-state index < -0.39 is 0 Å². The van der Waals surface area contributed by atoms with E-state index in [0.29, 0.717) is 32.5 Å². The van der Waals surface area contributed by atoms with Crippen LogP contribution in [0.25, 0.3) is 34.0 Å². The van der Waals surface area contributed by atoms with Gasteiger partial charge in [-0.1, -0.05) is 163 Å². The molecule has 0 aliphatic carbocycles. The topological polar surface area (TPSA) is 98.5 Å². The summed E-state index contributed by atoms with van der Waals surface area (Å²) in [4.78, 5) is 31.9. The van der Waals surface area contributed by atoms with Crippen molar-refractivity contribution in [2.45, 2.75) is 105 Å². The lowest BCUT2D eigenvalue weighted by molar-refractivity contribution is -0.892. The molecule has 11 rings (SSSR count). The number of amides is 2. The number of fused-ring (bicyclic) bond motifs is 4. The molecule has 7 aromatic carbocycles. The van der Waals surface area contributed by atoms with Crippen LogP contribution in [0.4, 0.5) is 11.4 Å². The van der Waals surface area contributed by atoms with Gasteiger partial charge in [0.15, 0.2) is 25.5 Å². The molecule has 0 saturated carbocycles. The van der Waals surface area contributed by atoms with E-state index in [2.05, 4.69) is 297 Å². The van der Waals surface area contributed by atoms with Gasteiger partial charge in [0.1, 0.15) is 0 Å². The molecule has 0 unspecified atom stereocenters. The predicted molar refractivity (Wildman–Crippen MR) is 399 cm³/mol. The second-order valence-corrected chi connectivity index (χ2v) is 29.0. The van der Waals surface area contributed by atoms with Gasteiger partial charge < -0.3 is 35.1 Å². The number of rotatable bonds is 31. The molecule has 0 radical (unpaired) electrons. The molecule has 0 saturated heterocycles. The van der Waals surface area contributed by atoms with Crippen molar-refractivity contribution >= 4 is 80.7 Å². The number of nitrogens with zero attached hydrogens (tertiary/aromatic N) is 6. The number of para-hydroxylation sites is 4. The number of pyridine rings is 2. The number of anilines is 2. The Labute approximate surface area is 574 Å². The van der Waals surface area contributed by atoms with Crippen LogP contribution in [0, 0.1) is 0 Å². The fraction of sp³-hybridized carbons (Fsp3) is 0.341. The first-order valence-electron chi connectivity index (χ1n) is 34.5. The van der Waals surface area contributed by atoms with Gasteiger partial charge in [0.2, 0.25) is 22.8 Å². The number of hydrogen-bond acceptors (Lipinski definition) is 7. The van der Waals surface area contributed by atoms with Crippen molar-refractivity contribution in [3.8, 4) is 0 Å². The molecule has 9 aromatic rings. The Morgan fingerprint density at radius 3 is 1.25 bits per heavy atom. The molecule has 11 nitrogen and oxygen atoms in total. The number of carbonyl (C=O) groups is 2. The molecule has 4 N–H and O–H groups in total. The summed E-state index contributed by atoms with van der Waals surface area (Å²) in [7, 11) is 13.6. The second kappa shape index (κ2) is 34.1. The zero-order valence-electron chi connectivity index (χ0n) is 57.1. The minimum absolute atomic E-state index is 0.120. The Morgan fingerprint density at radius 2 is 0.832 bits per heavy atom. The van der Waals surface area contributed by atoms with Crippen molar-refractivity contribution in [2.75, 3.05) is 97.9 Å². The van der Waals surface area contributed by atoms with Crippen LogP contribution in [-0.4, -0.2) is 109 Å². The number of nitrogens with one attached hydrogen (secondary N) is 2. The number of hydrogen-bond donors (Lipinski definition) is 3. The van der Waals surface area contributed by atoms with Crippen molar-refractivity contribution in [3.05, 3.63) is 250 Å². The van der Waals surface area contributed by atoms with Crippen molar-refractivity contribution in [3.63, 3.8) is 0 Å². The standard InChI is InChI=1S/C51H57N4OS.C31H42N5OS/c1-53-47-30-17-18-31-48(47)57-50(53)40-41-33-37-54(46-29-16-15-28-45(41)46)36-21-39-55(2,3)38-19-7-14-32-49(56)52-35-20-34-51(42-22-8-4-9-23-42,43-24-10-5-11-25-43)44-26-12-6-13-27-44;1-34-28-14-8-9-15-29(28)38-31(34)24-25-17-21-35(27-13-7-6-12-26(25)27)20-11-23-36(2,3)22-10-4-5-16-30(37)33-19-18-32/h4-6,8-13,15-18,22-31,33,37,40H,7,14,19-21,32,34-36,38-39H2,1-3H3;6-9,12-15,17,21,24H,4-5,10-11,16,18-20,22-23,32H2,1-3H3/q2*+1/p+2. The van der Waals surface area contributed by atoms with Gasteiger partial charge in [0, 0.05) is 86.0 Å². The lowest BCUT2D eigenvalue weighted by Gasteiger charge is -2.36. The van der Waals surface area contributed by atoms with E-state index in [1.807, 2.05) is 23.5 Å². The van der Waals surface area contributed by atoms with Crippen LogP contribution >= 0.6 is 23.5 Å². The molecule has 494 valence electrons. The van der Waals surface area contributed by atoms with E-state index in [-0.39, 0.29) is 17.2 Å². The number of aromatic nitrogens is 2. The highest BCUT2D eigenvalue weighted by Crippen LogP contribution is 2.47. The average Bonchev–Trinajstić information content (AvgIpc) is 0.971. The van der Waals surface area contributed by atoms with Crippen LogP contribution in [0.1, 0.15) is 105 Å². The largest absolute Gasteiger partial charge is 0.356 e. The zero-order chi connectivity index (χ0) is 66.5. The summed E-state index contributed by atoms with van der Waals surface area (Å²) in [6.07, 6.45) is 20.7. The van der Waals surface area contributed by atoms with Gasteiger partial charge in [-0.25, -0.2) is 0 Å². The monoisotopic (exact) mass is 1310 g/mol. The lowest BCUT2D eigenvalue weighted by Crippen LogP contribution is -2.44. The molecule has 95 heavy (non-hydrogen) atoms. The third-order valence-electron chi connectivity index (χ3n) is 19.0. The quantitative estimate of drug-likeness (QED) is 0.0172. The van der Waals surface area contributed by atoms with Crippen LogP contribution in [0.3, 0.4) is 0 Å². The SMILES string of the molecule is CN1/C(=C/c2cc[n+](CCC[N+](C)(C)CCCCCC(=O)NCCCC(c3ccccc3)(c3ccccc3)c3ccccc3)c3ccccc23)Sc2ccccc21.CN1/C(=C/c2cc[n+](CCC[N+](C)(C)CCCCCC(=O)NCCN)c3ccccc23)Sc2ccccc21.